The first kappa shape index (κ1) is 18.7. The molecule has 0 bridgehead atoms. The molecule has 1 aliphatic heterocycles. The van der Waals surface area contributed by atoms with Crippen molar-refractivity contribution < 1.29 is 9.59 Å². The molecule has 144 valence electrons. The Morgan fingerprint density at radius 3 is 2.79 bits per heavy atom. The average molecular weight is 394 g/mol. The molecule has 2 aromatic carbocycles. The zero-order valence-electron chi connectivity index (χ0n) is 15.8. The van der Waals surface area contributed by atoms with Gasteiger partial charge in [-0.15, -0.1) is 11.3 Å². The monoisotopic (exact) mass is 393 g/mol. The number of aryl methyl sites for hydroxylation is 1. The maximum Gasteiger partial charge on any atom is 0.265 e. The highest BCUT2D eigenvalue weighted by Gasteiger charge is 2.19. The molecule has 2 N–H and O–H groups in total. The number of fused-ring (bicyclic) bond motifs is 1. The van der Waals surface area contributed by atoms with Gasteiger partial charge in [0.25, 0.3) is 11.8 Å². The van der Waals surface area contributed by atoms with Crippen molar-refractivity contribution in [2.75, 3.05) is 31.5 Å². The van der Waals surface area contributed by atoms with Crippen molar-refractivity contribution >= 4 is 38.9 Å². The predicted octanol–water partition coefficient (Wildman–Crippen LogP) is 3.90. The van der Waals surface area contributed by atoms with E-state index in [0.717, 1.165) is 41.7 Å². The van der Waals surface area contributed by atoms with E-state index in [1.165, 1.54) is 11.3 Å². The number of nitrogens with zero attached hydrogens (tertiary/aromatic N) is 1. The Kier molecular flexibility index (Phi) is 5.41. The van der Waals surface area contributed by atoms with Crippen molar-refractivity contribution in [1.82, 2.24) is 10.2 Å². The van der Waals surface area contributed by atoms with Gasteiger partial charge in [0.15, 0.2) is 0 Å². The summed E-state index contributed by atoms with van der Waals surface area (Å²) in [6.07, 6.45) is 0.952. The molecule has 6 heteroatoms. The maximum atomic E-state index is 12.9. The molecule has 0 radical (unpaired) electrons. The third-order valence-electron chi connectivity index (χ3n) is 5.01. The fraction of sp³-hybridized carbons (Fsp3) is 0.273. The van der Waals surface area contributed by atoms with Crippen LogP contribution in [0.4, 0.5) is 5.69 Å². The van der Waals surface area contributed by atoms with Crippen molar-refractivity contribution in [2.24, 2.45) is 0 Å². The maximum absolute atomic E-state index is 12.9. The summed E-state index contributed by atoms with van der Waals surface area (Å²) in [7, 11) is 0. The van der Waals surface area contributed by atoms with Crippen molar-refractivity contribution in [3.63, 3.8) is 0 Å². The highest BCUT2D eigenvalue weighted by Crippen LogP contribution is 2.27. The molecule has 28 heavy (non-hydrogen) atoms. The van der Waals surface area contributed by atoms with Crippen LogP contribution >= 0.6 is 11.3 Å². The number of carbonyl (C=O) groups is 2. The van der Waals surface area contributed by atoms with E-state index in [1.54, 1.807) is 6.07 Å². The molecule has 2 amide bonds. The largest absolute Gasteiger partial charge is 0.337 e. The van der Waals surface area contributed by atoms with E-state index >= 15 is 0 Å². The lowest BCUT2D eigenvalue weighted by molar-refractivity contribution is 0.0766. The SMILES string of the molecule is Cc1ccc(C(=O)N2CCCNCC2)cc1NC(=O)c1cc2ccccc2s1. The first-order valence-corrected chi connectivity index (χ1v) is 10.3. The molecule has 1 aromatic heterocycles. The summed E-state index contributed by atoms with van der Waals surface area (Å²) in [6, 6.07) is 15.4. The number of nitrogens with one attached hydrogen (secondary N) is 2. The van der Waals surface area contributed by atoms with Gasteiger partial charge in [-0.1, -0.05) is 24.3 Å². The second kappa shape index (κ2) is 8.12. The third-order valence-corrected chi connectivity index (χ3v) is 6.12. The number of hydrogen-bond acceptors (Lipinski definition) is 4. The summed E-state index contributed by atoms with van der Waals surface area (Å²) in [4.78, 5) is 28.2. The summed E-state index contributed by atoms with van der Waals surface area (Å²) >= 11 is 1.47. The summed E-state index contributed by atoms with van der Waals surface area (Å²) in [5.74, 6) is -0.131. The van der Waals surface area contributed by atoms with Gasteiger partial charge in [0, 0.05) is 35.6 Å². The van der Waals surface area contributed by atoms with Crippen LogP contribution in [0.15, 0.2) is 48.5 Å². The predicted molar refractivity (Wildman–Crippen MR) is 114 cm³/mol. The van der Waals surface area contributed by atoms with Crippen LogP contribution in [0.2, 0.25) is 0 Å². The Labute approximate surface area is 168 Å². The van der Waals surface area contributed by atoms with Gasteiger partial charge >= 0.3 is 0 Å². The van der Waals surface area contributed by atoms with Gasteiger partial charge in [-0.3, -0.25) is 9.59 Å². The molecule has 1 saturated heterocycles. The molecule has 4 rings (SSSR count). The van der Waals surface area contributed by atoms with Crippen LogP contribution in [0.5, 0.6) is 0 Å². The Balaban J connectivity index is 1.54. The van der Waals surface area contributed by atoms with Gasteiger partial charge in [-0.05, 0) is 55.1 Å². The van der Waals surface area contributed by atoms with Gasteiger partial charge in [-0.25, -0.2) is 0 Å². The highest BCUT2D eigenvalue weighted by atomic mass is 32.1. The quantitative estimate of drug-likeness (QED) is 0.710. The van der Waals surface area contributed by atoms with Crippen LogP contribution in [0.3, 0.4) is 0 Å². The number of anilines is 1. The number of amides is 2. The summed E-state index contributed by atoms with van der Waals surface area (Å²) in [5, 5.41) is 7.36. The minimum atomic E-state index is -0.145. The van der Waals surface area contributed by atoms with Crippen LogP contribution in [0.25, 0.3) is 10.1 Å². The first-order valence-electron chi connectivity index (χ1n) is 9.52. The number of hydrogen-bond donors (Lipinski definition) is 2. The molecule has 1 fully saturated rings. The molecule has 2 heterocycles. The molecule has 0 saturated carbocycles. The Morgan fingerprint density at radius 2 is 1.93 bits per heavy atom. The van der Waals surface area contributed by atoms with Crippen LogP contribution in [0.1, 0.15) is 32.0 Å². The second-order valence-corrected chi connectivity index (χ2v) is 8.11. The lowest BCUT2D eigenvalue weighted by Gasteiger charge is -2.20. The zero-order valence-corrected chi connectivity index (χ0v) is 16.6. The molecule has 3 aromatic rings. The fourth-order valence-electron chi connectivity index (χ4n) is 3.40. The molecular weight excluding hydrogens is 370 g/mol. The van der Waals surface area contributed by atoms with Crippen LogP contribution in [-0.2, 0) is 0 Å². The molecule has 1 aliphatic rings. The van der Waals surface area contributed by atoms with Crippen molar-refractivity contribution in [1.29, 1.82) is 0 Å². The molecule has 5 nitrogen and oxygen atoms in total. The van der Waals surface area contributed by atoms with E-state index in [-0.39, 0.29) is 11.8 Å². The normalized spacial score (nSPS) is 14.7. The van der Waals surface area contributed by atoms with Gasteiger partial charge < -0.3 is 15.5 Å². The lowest BCUT2D eigenvalue weighted by Crippen LogP contribution is -2.34. The Bertz CT molecular complexity index is 987. The first-order chi connectivity index (χ1) is 13.6. The molecule has 0 aliphatic carbocycles. The minimum absolute atomic E-state index is 0.0149. The van der Waals surface area contributed by atoms with Gasteiger partial charge in [0.2, 0.25) is 0 Å². The number of rotatable bonds is 3. The number of carbonyl (C=O) groups excluding carboxylic acids is 2. The second-order valence-electron chi connectivity index (χ2n) is 7.03. The van der Waals surface area contributed by atoms with Crippen molar-refractivity contribution in [3.05, 3.63) is 64.5 Å². The summed E-state index contributed by atoms with van der Waals surface area (Å²) in [6.45, 7) is 5.14. The molecular formula is C22H23N3O2S. The van der Waals surface area contributed by atoms with Crippen molar-refractivity contribution in [2.45, 2.75) is 13.3 Å². The van der Waals surface area contributed by atoms with Gasteiger partial charge in [0.05, 0.1) is 4.88 Å². The van der Waals surface area contributed by atoms with Crippen LogP contribution in [0, 0.1) is 6.92 Å². The smallest absolute Gasteiger partial charge is 0.265 e. The van der Waals surface area contributed by atoms with Crippen LogP contribution in [-0.4, -0.2) is 42.9 Å². The van der Waals surface area contributed by atoms with Crippen molar-refractivity contribution in [3.8, 4) is 0 Å². The number of thiophene rings is 1. The van der Waals surface area contributed by atoms with E-state index in [0.29, 0.717) is 22.7 Å². The topological polar surface area (TPSA) is 61.4 Å². The Morgan fingerprint density at radius 1 is 1.07 bits per heavy atom. The highest BCUT2D eigenvalue weighted by molar-refractivity contribution is 7.20. The fourth-order valence-corrected chi connectivity index (χ4v) is 4.36. The van der Waals surface area contributed by atoms with E-state index in [9.17, 15) is 9.59 Å². The average Bonchev–Trinajstić information content (AvgIpc) is 2.96. The molecule has 0 atom stereocenters. The minimum Gasteiger partial charge on any atom is -0.337 e. The number of benzene rings is 2. The van der Waals surface area contributed by atoms with E-state index in [1.807, 2.05) is 54.3 Å². The molecule has 0 spiro atoms. The Hall–Kier alpha value is -2.70. The lowest BCUT2D eigenvalue weighted by atomic mass is 10.1. The van der Waals surface area contributed by atoms with Crippen LogP contribution < -0.4 is 10.6 Å². The standard InChI is InChI=1S/C22H23N3O2S/c1-15-7-8-17(22(27)25-11-4-9-23-10-12-25)13-18(15)24-21(26)20-14-16-5-2-3-6-19(16)28-20/h2-3,5-8,13-14,23H,4,9-12H2,1H3,(H,24,26). The summed E-state index contributed by atoms with van der Waals surface area (Å²) < 4.78 is 1.09. The van der Waals surface area contributed by atoms with E-state index < -0.39 is 0 Å². The van der Waals surface area contributed by atoms with E-state index in [4.69, 9.17) is 0 Å². The third kappa shape index (κ3) is 3.93. The van der Waals surface area contributed by atoms with Gasteiger partial charge in [-0.2, -0.15) is 0 Å². The zero-order chi connectivity index (χ0) is 19.5. The summed E-state index contributed by atoms with van der Waals surface area (Å²) in [5.41, 5.74) is 2.23. The van der Waals surface area contributed by atoms with Gasteiger partial charge in [0.1, 0.15) is 0 Å². The molecule has 0 unspecified atom stereocenters. The van der Waals surface area contributed by atoms with E-state index in [2.05, 4.69) is 10.6 Å².